The summed E-state index contributed by atoms with van der Waals surface area (Å²) in [6.07, 6.45) is 1.72. The average Bonchev–Trinajstić information content (AvgIpc) is 3.12. The zero-order chi connectivity index (χ0) is 18.5. The molecule has 0 amide bonds. The highest BCUT2D eigenvalue weighted by Crippen LogP contribution is 2.12. The van der Waals surface area contributed by atoms with Gasteiger partial charge in [0.1, 0.15) is 11.5 Å². The summed E-state index contributed by atoms with van der Waals surface area (Å²) < 4.78 is 10.4. The topological polar surface area (TPSA) is 109 Å². The molecule has 136 valence electrons. The number of rotatable bonds is 8. The van der Waals surface area contributed by atoms with Crippen LogP contribution in [0.15, 0.2) is 47.1 Å². The van der Waals surface area contributed by atoms with Crippen LogP contribution in [0.4, 0.5) is 0 Å². The van der Waals surface area contributed by atoms with Crippen molar-refractivity contribution in [2.45, 2.75) is 12.3 Å². The quantitative estimate of drug-likeness (QED) is 0.482. The third-order valence-corrected chi connectivity index (χ3v) is 3.90. The summed E-state index contributed by atoms with van der Waals surface area (Å²) >= 11 is 1.88. The van der Waals surface area contributed by atoms with E-state index in [0.717, 1.165) is 36.1 Å². The number of methoxy groups -OCH3 is 1. The van der Waals surface area contributed by atoms with Crippen molar-refractivity contribution in [2.24, 2.45) is 0 Å². The summed E-state index contributed by atoms with van der Waals surface area (Å²) in [7, 11) is 1.68. The zero-order valence-corrected chi connectivity index (χ0v) is 14.6. The van der Waals surface area contributed by atoms with Gasteiger partial charge in [0.2, 0.25) is 0 Å². The van der Waals surface area contributed by atoms with E-state index in [2.05, 4.69) is 17.4 Å². The van der Waals surface area contributed by atoms with E-state index in [1.54, 1.807) is 13.4 Å². The molecule has 8 heteroatoms. The number of hydrogen-bond acceptors (Lipinski definition) is 6. The lowest BCUT2D eigenvalue weighted by atomic mass is 10.2. The molecular formula is C17H21NO6S. The number of furan rings is 1. The second kappa shape index (κ2) is 12.0. The molecule has 0 aliphatic rings. The summed E-state index contributed by atoms with van der Waals surface area (Å²) in [4.78, 5) is 18.2. The number of ether oxygens (including phenoxy) is 1. The fourth-order valence-electron chi connectivity index (χ4n) is 1.69. The van der Waals surface area contributed by atoms with Gasteiger partial charge in [-0.3, -0.25) is 0 Å². The maximum absolute atomic E-state index is 9.10. The van der Waals surface area contributed by atoms with Gasteiger partial charge >= 0.3 is 11.9 Å². The number of carboxylic acid groups (broad SMARTS) is 2. The molecule has 3 N–H and O–H groups in total. The van der Waals surface area contributed by atoms with Crippen molar-refractivity contribution in [1.82, 2.24) is 5.32 Å². The van der Waals surface area contributed by atoms with Crippen LogP contribution in [-0.4, -0.2) is 41.6 Å². The lowest BCUT2D eigenvalue weighted by Crippen LogP contribution is -2.16. The van der Waals surface area contributed by atoms with Gasteiger partial charge in [0.05, 0.1) is 19.1 Å². The summed E-state index contributed by atoms with van der Waals surface area (Å²) in [5.74, 6) is 0.316. The first-order valence-electron chi connectivity index (χ1n) is 7.43. The molecule has 0 aliphatic carbocycles. The van der Waals surface area contributed by atoms with Crippen LogP contribution in [0.25, 0.3) is 0 Å². The molecule has 2 rings (SSSR count). The molecule has 1 heterocycles. The molecule has 1 aromatic heterocycles. The van der Waals surface area contributed by atoms with Gasteiger partial charge in [0, 0.05) is 18.8 Å². The van der Waals surface area contributed by atoms with Crippen LogP contribution < -0.4 is 10.1 Å². The highest BCUT2D eigenvalue weighted by Gasteiger charge is 2.04. The molecule has 0 spiro atoms. The number of aliphatic carboxylic acids is 2. The van der Waals surface area contributed by atoms with E-state index in [1.165, 1.54) is 5.56 Å². The number of thioether (sulfide) groups is 1. The van der Waals surface area contributed by atoms with Crippen LogP contribution in [0.2, 0.25) is 0 Å². The minimum atomic E-state index is -1.82. The third kappa shape index (κ3) is 9.43. The molecule has 0 unspecified atom stereocenters. The van der Waals surface area contributed by atoms with Crippen LogP contribution in [0.3, 0.4) is 0 Å². The standard InChI is InChI=1S/C15H19NO2S.C2H2O4/c1-17-14-6-4-13(5-7-14)11-16-8-10-19-12-15-3-2-9-18-15;3-1(4)2(5)6/h2-7,9,16H,8,10-12H2,1H3;(H,3,4)(H,5,6). The van der Waals surface area contributed by atoms with E-state index in [0.29, 0.717) is 0 Å². The molecule has 0 aliphatic heterocycles. The van der Waals surface area contributed by atoms with Gasteiger partial charge in [-0.05, 0) is 29.8 Å². The van der Waals surface area contributed by atoms with Gasteiger partial charge in [0.15, 0.2) is 0 Å². The number of carboxylic acids is 2. The lowest BCUT2D eigenvalue weighted by Gasteiger charge is -2.05. The van der Waals surface area contributed by atoms with Crippen molar-refractivity contribution < 1.29 is 29.0 Å². The SMILES string of the molecule is COc1ccc(CNCCSCc2ccco2)cc1.O=C(O)C(=O)O. The smallest absolute Gasteiger partial charge is 0.414 e. The summed E-state index contributed by atoms with van der Waals surface area (Å²) in [6.45, 7) is 1.89. The van der Waals surface area contributed by atoms with Crippen molar-refractivity contribution in [3.05, 3.63) is 54.0 Å². The molecule has 0 radical (unpaired) electrons. The minimum absolute atomic E-state index is 0.894. The van der Waals surface area contributed by atoms with Gasteiger partial charge in [-0.15, -0.1) is 0 Å². The largest absolute Gasteiger partial charge is 0.497 e. The molecular weight excluding hydrogens is 346 g/mol. The Morgan fingerprint density at radius 2 is 1.84 bits per heavy atom. The molecule has 0 atom stereocenters. The summed E-state index contributed by atoms with van der Waals surface area (Å²) in [5.41, 5.74) is 1.27. The molecule has 7 nitrogen and oxygen atoms in total. The fourth-order valence-corrected chi connectivity index (χ4v) is 2.49. The van der Waals surface area contributed by atoms with Gasteiger partial charge in [-0.2, -0.15) is 11.8 Å². The molecule has 1 aromatic carbocycles. The van der Waals surface area contributed by atoms with E-state index >= 15 is 0 Å². The van der Waals surface area contributed by atoms with Gasteiger partial charge < -0.3 is 24.7 Å². The Morgan fingerprint density at radius 3 is 2.36 bits per heavy atom. The Labute approximate surface area is 150 Å². The van der Waals surface area contributed by atoms with Crippen molar-refractivity contribution >= 4 is 23.7 Å². The Morgan fingerprint density at radius 1 is 1.16 bits per heavy atom. The van der Waals surface area contributed by atoms with Crippen LogP contribution in [0.1, 0.15) is 11.3 Å². The monoisotopic (exact) mass is 367 g/mol. The average molecular weight is 367 g/mol. The second-order valence-electron chi connectivity index (χ2n) is 4.77. The lowest BCUT2D eigenvalue weighted by molar-refractivity contribution is -0.159. The predicted octanol–water partition coefficient (Wildman–Crippen LogP) is 2.47. The normalized spacial score (nSPS) is 9.80. The van der Waals surface area contributed by atoms with Crippen molar-refractivity contribution in [2.75, 3.05) is 19.4 Å². The Kier molecular flexibility index (Phi) is 9.88. The Bertz CT molecular complexity index is 615. The molecule has 0 saturated heterocycles. The zero-order valence-electron chi connectivity index (χ0n) is 13.8. The maximum atomic E-state index is 9.10. The van der Waals surface area contributed by atoms with Crippen LogP contribution in [-0.2, 0) is 21.9 Å². The van der Waals surface area contributed by atoms with Crippen molar-refractivity contribution in [3.63, 3.8) is 0 Å². The first kappa shape index (κ1) is 20.6. The van der Waals surface area contributed by atoms with E-state index in [-0.39, 0.29) is 0 Å². The summed E-state index contributed by atoms with van der Waals surface area (Å²) in [6, 6.07) is 12.1. The first-order valence-corrected chi connectivity index (χ1v) is 8.58. The van der Waals surface area contributed by atoms with Crippen molar-refractivity contribution in [1.29, 1.82) is 0 Å². The van der Waals surface area contributed by atoms with Crippen LogP contribution in [0.5, 0.6) is 5.75 Å². The van der Waals surface area contributed by atoms with E-state index in [4.69, 9.17) is 29.0 Å². The number of benzene rings is 1. The predicted molar refractivity (Wildman–Crippen MR) is 94.8 cm³/mol. The van der Waals surface area contributed by atoms with Crippen molar-refractivity contribution in [3.8, 4) is 5.75 Å². The molecule has 2 aromatic rings. The van der Waals surface area contributed by atoms with Gasteiger partial charge in [0.25, 0.3) is 0 Å². The molecule has 25 heavy (non-hydrogen) atoms. The first-order chi connectivity index (χ1) is 12.0. The molecule has 0 saturated carbocycles. The Hall–Kier alpha value is -2.45. The number of carbonyl (C=O) groups is 2. The number of hydrogen-bond donors (Lipinski definition) is 3. The second-order valence-corrected chi connectivity index (χ2v) is 5.87. The third-order valence-electron chi connectivity index (χ3n) is 2.92. The van der Waals surface area contributed by atoms with Crippen LogP contribution in [0, 0.1) is 0 Å². The van der Waals surface area contributed by atoms with E-state index < -0.39 is 11.9 Å². The minimum Gasteiger partial charge on any atom is -0.497 e. The number of nitrogens with one attached hydrogen (secondary N) is 1. The molecule has 0 fully saturated rings. The molecule has 0 bridgehead atoms. The van der Waals surface area contributed by atoms with E-state index in [9.17, 15) is 0 Å². The fraction of sp³-hybridized carbons (Fsp3) is 0.294. The van der Waals surface area contributed by atoms with Gasteiger partial charge in [-0.1, -0.05) is 12.1 Å². The van der Waals surface area contributed by atoms with Crippen LogP contribution >= 0.6 is 11.8 Å². The maximum Gasteiger partial charge on any atom is 0.414 e. The highest BCUT2D eigenvalue weighted by atomic mass is 32.2. The Balaban J connectivity index is 0.000000450. The summed E-state index contributed by atoms with van der Waals surface area (Å²) in [5, 5.41) is 18.2. The van der Waals surface area contributed by atoms with Gasteiger partial charge in [-0.25, -0.2) is 9.59 Å². The highest BCUT2D eigenvalue weighted by molar-refractivity contribution is 7.98. The van der Waals surface area contributed by atoms with E-state index in [1.807, 2.05) is 36.0 Å².